The van der Waals surface area contributed by atoms with Crippen molar-refractivity contribution in [1.82, 2.24) is 14.0 Å². The second kappa shape index (κ2) is 8.15. The van der Waals surface area contributed by atoms with E-state index in [4.69, 9.17) is 4.99 Å². The largest absolute Gasteiger partial charge is 0.329 e. The molecule has 0 N–H and O–H groups in total. The van der Waals surface area contributed by atoms with Crippen LogP contribution >= 0.6 is 0 Å². The van der Waals surface area contributed by atoms with Gasteiger partial charge in [-0.25, -0.2) is 4.79 Å². The van der Waals surface area contributed by atoms with Crippen LogP contribution in [0.4, 0.5) is 0 Å². The SMILES string of the molecule is CCn1c(=O)n(CC)c2cc(C=N[C@@H]3CCN(Cc4ccccc4)C3)ccc21. The van der Waals surface area contributed by atoms with Gasteiger partial charge < -0.3 is 0 Å². The highest BCUT2D eigenvalue weighted by molar-refractivity contribution is 5.87. The van der Waals surface area contributed by atoms with Gasteiger partial charge in [0.05, 0.1) is 17.1 Å². The number of aliphatic imine (C=N–C) groups is 1. The van der Waals surface area contributed by atoms with Crippen LogP contribution in [0.2, 0.25) is 0 Å². The molecular formula is C23H28N4O. The third-order valence-electron chi connectivity index (χ3n) is 5.61. The molecule has 1 aromatic heterocycles. The third kappa shape index (κ3) is 3.67. The summed E-state index contributed by atoms with van der Waals surface area (Å²) in [5, 5.41) is 0. The minimum absolute atomic E-state index is 0.0708. The summed E-state index contributed by atoms with van der Waals surface area (Å²) in [5.41, 5.74) is 4.48. The molecular weight excluding hydrogens is 348 g/mol. The number of likely N-dealkylation sites (tertiary alicyclic amines) is 1. The molecule has 5 heteroatoms. The predicted molar refractivity (Wildman–Crippen MR) is 115 cm³/mol. The zero-order chi connectivity index (χ0) is 19.5. The first-order valence-electron chi connectivity index (χ1n) is 10.2. The fraction of sp³-hybridized carbons (Fsp3) is 0.391. The molecule has 0 amide bonds. The van der Waals surface area contributed by atoms with Gasteiger partial charge in [0.15, 0.2) is 0 Å². The lowest BCUT2D eigenvalue weighted by atomic mass is 10.2. The van der Waals surface area contributed by atoms with Crippen LogP contribution in [0.5, 0.6) is 0 Å². The van der Waals surface area contributed by atoms with E-state index in [0.29, 0.717) is 19.1 Å². The zero-order valence-electron chi connectivity index (χ0n) is 16.7. The number of nitrogens with zero attached hydrogens (tertiary/aromatic N) is 4. The standard InChI is InChI=1S/C23H28N4O/c1-3-26-21-11-10-19(14-22(21)27(4-2)23(26)28)15-24-20-12-13-25(17-20)16-18-8-6-5-7-9-18/h5-11,14-15,20H,3-4,12-13,16-17H2,1-2H3/t20-/m1/s1. The van der Waals surface area contributed by atoms with Crippen LogP contribution in [0, 0.1) is 0 Å². The van der Waals surface area contributed by atoms with E-state index < -0.39 is 0 Å². The van der Waals surface area contributed by atoms with E-state index in [0.717, 1.165) is 42.7 Å². The number of aromatic nitrogens is 2. The molecule has 1 atom stereocenters. The third-order valence-corrected chi connectivity index (χ3v) is 5.61. The number of rotatable bonds is 6. The molecule has 0 bridgehead atoms. The van der Waals surface area contributed by atoms with Gasteiger partial charge in [0, 0.05) is 38.9 Å². The van der Waals surface area contributed by atoms with Gasteiger partial charge in [0.1, 0.15) is 0 Å². The molecule has 0 spiro atoms. The number of hydrogen-bond donors (Lipinski definition) is 0. The Morgan fingerprint density at radius 2 is 1.79 bits per heavy atom. The van der Waals surface area contributed by atoms with Crippen molar-refractivity contribution in [3.63, 3.8) is 0 Å². The Bertz CT molecular complexity index is 1030. The summed E-state index contributed by atoms with van der Waals surface area (Å²) >= 11 is 0. The van der Waals surface area contributed by atoms with E-state index in [1.54, 1.807) is 0 Å². The van der Waals surface area contributed by atoms with E-state index in [-0.39, 0.29) is 5.69 Å². The summed E-state index contributed by atoms with van der Waals surface area (Å²) in [6.45, 7) is 8.48. The summed E-state index contributed by atoms with van der Waals surface area (Å²) in [6, 6.07) is 17.2. The Balaban J connectivity index is 1.48. The lowest BCUT2D eigenvalue weighted by molar-refractivity contribution is 0.327. The smallest absolute Gasteiger partial charge is 0.297 e. The summed E-state index contributed by atoms with van der Waals surface area (Å²) in [6.07, 6.45) is 3.07. The molecule has 1 aliphatic rings. The molecule has 2 aromatic carbocycles. The first kappa shape index (κ1) is 18.7. The quantitative estimate of drug-likeness (QED) is 0.618. The van der Waals surface area contributed by atoms with Gasteiger partial charge in [-0.1, -0.05) is 36.4 Å². The van der Waals surface area contributed by atoms with E-state index >= 15 is 0 Å². The lowest BCUT2D eigenvalue weighted by Crippen LogP contribution is -2.23. The van der Waals surface area contributed by atoms with Crippen LogP contribution in [-0.2, 0) is 19.6 Å². The number of benzene rings is 2. The van der Waals surface area contributed by atoms with Crippen molar-refractivity contribution in [3.05, 3.63) is 70.1 Å². The normalized spacial score (nSPS) is 17.9. The van der Waals surface area contributed by atoms with Crippen molar-refractivity contribution in [2.45, 2.75) is 45.9 Å². The summed E-state index contributed by atoms with van der Waals surface area (Å²) in [5.74, 6) is 0. The molecule has 2 heterocycles. The molecule has 146 valence electrons. The second-order valence-electron chi connectivity index (χ2n) is 7.46. The van der Waals surface area contributed by atoms with E-state index in [9.17, 15) is 4.79 Å². The summed E-state index contributed by atoms with van der Waals surface area (Å²) < 4.78 is 3.67. The second-order valence-corrected chi connectivity index (χ2v) is 7.46. The van der Waals surface area contributed by atoms with Gasteiger partial charge in [0.25, 0.3) is 0 Å². The van der Waals surface area contributed by atoms with E-state index in [2.05, 4.69) is 47.4 Å². The van der Waals surface area contributed by atoms with Crippen molar-refractivity contribution in [2.24, 2.45) is 4.99 Å². The Hall–Kier alpha value is -2.66. The average Bonchev–Trinajstić information content (AvgIpc) is 3.27. The van der Waals surface area contributed by atoms with Gasteiger partial charge in [-0.3, -0.25) is 19.0 Å². The first-order valence-corrected chi connectivity index (χ1v) is 10.2. The first-order chi connectivity index (χ1) is 13.7. The molecule has 1 aliphatic heterocycles. The number of fused-ring (bicyclic) bond motifs is 1. The molecule has 28 heavy (non-hydrogen) atoms. The molecule has 4 rings (SSSR count). The fourth-order valence-corrected chi connectivity index (χ4v) is 4.14. The van der Waals surface area contributed by atoms with Crippen molar-refractivity contribution in [3.8, 4) is 0 Å². The van der Waals surface area contributed by atoms with Crippen molar-refractivity contribution in [2.75, 3.05) is 13.1 Å². The van der Waals surface area contributed by atoms with Crippen LogP contribution in [-0.4, -0.2) is 39.4 Å². The topological polar surface area (TPSA) is 42.5 Å². The van der Waals surface area contributed by atoms with Gasteiger partial charge in [-0.2, -0.15) is 0 Å². The van der Waals surface area contributed by atoms with E-state index in [1.807, 2.05) is 35.3 Å². The van der Waals surface area contributed by atoms with Gasteiger partial charge >= 0.3 is 5.69 Å². The maximum absolute atomic E-state index is 12.5. The molecule has 1 fully saturated rings. The maximum Gasteiger partial charge on any atom is 0.329 e. The lowest BCUT2D eigenvalue weighted by Gasteiger charge is -2.14. The maximum atomic E-state index is 12.5. The zero-order valence-corrected chi connectivity index (χ0v) is 16.7. The highest BCUT2D eigenvalue weighted by atomic mass is 16.1. The Labute approximate surface area is 165 Å². The molecule has 1 saturated heterocycles. The Kier molecular flexibility index (Phi) is 5.44. The van der Waals surface area contributed by atoms with Crippen LogP contribution in [0.3, 0.4) is 0 Å². The van der Waals surface area contributed by atoms with Gasteiger partial charge in [0.2, 0.25) is 0 Å². The van der Waals surface area contributed by atoms with Crippen LogP contribution in [0.25, 0.3) is 11.0 Å². The summed E-state index contributed by atoms with van der Waals surface area (Å²) in [7, 11) is 0. The van der Waals surface area contributed by atoms with Crippen LogP contribution in [0.1, 0.15) is 31.4 Å². The Morgan fingerprint density at radius 1 is 1.04 bits per heavy atom. The molecule has 0 radical (unpaired) electrons. The van der Waals surface area contributed by atoms with Gasteiger partial charge in [-0.05, 0) is 43.5 Å². The average molecular weight is 377 g/mol. The monoisotopic (exact) mass is 376 g/mol. The molecule has 0 unspecified atom stereocenters. The summed E-state index contributed by atoms with van der Waals surface area (Å²) in [4.78, 5) is 19.8. The van der Waals surface area contributed by atoms with Gasteiger partial charge in [-0.15, -0.1) is 0 Å². The number of aryl methyl sites for hydroxylation is 2. The minimum Gasteiger partial charge on any atom is -0.297 e. The number of imidazole rings is 1. The highest BCUT2D eigenvalue weighted by Gasteiger charge is 2.21. The highest BCUT2D eigenvalue weighted by Crippen LogP contribution is 2.18. The molecule has 0 saturated carbocycles. The molecule has 5 nitrogen and oxygen atoms in total. The Morgan fingerprint density at radius 3 is 2.54 bits per heavy atom. The van der Waals surface area contributed by atoms with Crippen molar-refractivity contribution >= 4 is 17.2 Å². The molecule has 3 aromatic rings. The van der Waals surface area contributed by atoms with Crippen molar-refractivity contribution < 1.29 is 0 Å². The minimum atomic E-state index is 0.0708. The fourth-order valence-electron chi connectivity index (χ4n) is 4.14. The predicted octanol–water partition coefficient (Wildman–Crippen LogP) is 3.54. The number of hydrogen-bond acceptors (Lipinski definition) is 3. The van der Waals surface area contributed by atoms with Crippen molar-refractivity contribution in [1.29, 1.82) is 0 Å². The van der Waals surface area contributed by atoms with Crippen LogP contribution < -0.4 is 5.69 Å². The molecule has 0 aliphatic carbocycles. The van der Waals surface area contributed by atoms with Crippen LogP contribution in [0.15, 0.2) is 58.3 Å². The van der Waals surface area contributed by atoms with E-state index in [1.165, 1.54) is 5.56 Å².